The van der Waals surface area contributed by atoms with Crippen LogP contribution in [0, 0.1) is 5.41 Å². The van der Waals surface area contributed by atoms with Crippen molar-refractivity contribution in [3.8, 4) is 0 Å². The second kappa shape index (κ2) is 5.40. The van der Waals surface area contributed by atoms with Crippen LogP contribution in [0.4, 0.5) is 0 Å². The zero-order valence-electron chi connectivity index (χ0n) is 9.05. The molecule has 0 spiro atoms. The van der Waals surface area contributed by atoms with Crippen LogP contribution in [0.25, 0.3) is 0 Å². The van der Waals surface area contributed by atoms with Crippen LogP contribution in [0.1, 0.15) is 32.4 Å². The molecule has 86 valence electrons. The van der Waals surface area contributed by atoms with Crippen molar-refractivity contribution in [2.24, 2.45) is 11.1 Å². The third kappa shape index (κ3) is 3.84. The zero-order chi connectivity index (χ0) is 10.9. The van der Waals surface area contributed by atoms with Crippen molar-refractivity contribution in [1.29, 1.82) is 0 Å². The predicted octanol–water partition coefficient (Wildman–Crippen LogP) is 4.46. The third-order valence-electron chi connectivity index (χ3n) is 2.23. The highest BCUT2D eigenvalue weighted by Crippen LogP contribution is 2.35. The number of hydrogen-bond acceptors (Lipinski definition) is 1. The molecular formula is C11H16Cl3N. The molecule has 4 heteroatoms. The summed E-state index contributed by atoms with van der Waals surface area (Å²) in [6.45, 7) is 6.23. The molecule has 1 atom stereocenters. The van der Waals surface area contributed by atoms with Gasteiger partial charge in [-0.15, -0.1) is 12.4 Å². The summed E-state index contributed by atoms with van der Waals surface area (Å²) in [6.07, 6.45) is 0. The Morgan fingerprint density at radius 3 is 2.20 bits per heavy atom. The predicted molar refractivity (Wildman–Crippen MR) is 70.1 cm³/mol. The highest BCUT2D eigenvalue weighted by Gasteiger charge is 2.24. The van der Waals surface area contributed by atoms with Gasteiger partial charge in [-0.05, 0) is 29.2 Å². The van der Waals surface area contributed by atoms with E-state index in [0.29, 0.717) is 10.0 Å². The Balaban J connectivity index is 0.00000196. The van der Waals surface area contributed by atoms with Crippen LogP contribution in [0.15, 0.2) is 18.2 Å². The smallest absolute Gasteiger partial charge is 0.0454 e. The van der Waals surface area contributed by atoms with Crippen LogP contribution in [0.2, 0.25) is 10.0 Å². The lowest BCUT2D eigenvalue weighted by atomic mass is 9.83. The normalized spacial score (nSPS) is 13.2. The number of hydrogen-bond donors (Lipinski definition) is 1. The standard InChI is InChI=1S/C11H15Cl2N.ClH/c1-11(2,3)10(14)8-6-7(12)4-5-9(8)13;/h4-6,10H,14H2,1-3H3;1H/t10-;/m0./s1. The van der Waals surface area contributed by atoms with E-state index >= 15 is 0 Å². The molecule has 15 heavy (non-hydrogen) atoms. The summed E-state index contributed by atoms with van der Waals surface area (Å²) in [6, 6.07) is 5.28. The fourth-order valence-electron chi connectivity index (χ4n) is 1.22. The first-order chi connectivity index (χ1) is 6.32. The van der Waals surface area contributed by atoms with E-state index in [4.69, 9.17) is 28.9 Å². The van der Waals surface area contributed by atoms with E-state index in [0.717, 1.165) is 5.56 Å². The van der Waals surface area contributed by atoms with Crippen LogP contribution in [-0.4, -0.2) is 0 Å². The van der Waals surface area contributed by atoms with Gasteiger partial charge < -0.3 is 5.73 Å². The van der Waals surface area contributed by atoms with Crippen molar-refractivity contribution in [2.45, 2.75) is 26.8 Å². The number of halogens is 3. The summed E-state index contributed by atoms with van der Waals surface area (Å²) < 4.78 is 0. The lowest BCUT2D eigenvalue weighted by Gasteiger charge is -2.28. The van der Waals surface area contributed by atoms with E-state index in [2.05, 4.69) is 20.8 Å². The molecule has 0 aromatic heterocycles. The Hall–Kier alpha value is 0.0500. The van der Waals surface area contributed by atoms with Gasteiger partial charge in [-0.1, -0.05) is 44.0 Å². The van der Waals surface area contributed by atoms with Gasteiger partial charge >= 0.3 is 0 Å². The van der Waals surface area contributed by atoms with Gasteiger partial charge in [0, 0.05) is 16.1 Å². The Morgan fingerprint density at radius 1 is 1.20 bits per heavy atom. The minimum absolute atomic E-state index is 0. The maximum absolute atomic E-state index is 6.10. The molecule has 0 bridgehead atoms. The molecule has 1 rings (SSSR count). The average Bonchev–Trinajstić information content (AvgIpc) is 2.06. The van der Waals surface area contributed by atoms with Crippen molar-refractivity contribution < 1.29 is 0 Å². The van der Waals surface area contributed by atoms with Gasteiger partial charge in [0.25, 0.3) is 0 Å². The first kappa shape index (κ1) is 15.0. The monoisotopic (exact) mass is 267 g/mol. The van der Waals surface area contributed by atoms with Gasteiger partial charge in [0.05, 0.1) is 0 Å². The largest absolute Gasteiger partial charge is 0.323 e. The molecule has 1 aromatic rings. The minimum Gasteiger partial charge on any atom is -0.323 e. The number of nitrogens with two attached hydrogens (primary N) is 1. The van der Waals surface area contributed by atoms with Crippen molar-refractivity contribution in [1.82, 2.24) is 0 Å². The topological polar surface area (TPSA) is 26.0 Å². The van der Waals surface area contributed by atoms with Crippen molar-refractivity contribution >= 4 is 35.6 Å². The summed E-state index contributed by atoms with van der Waals surface area (Å²) >= 11 is 12.0. The Bertz CT molecular complexity index is 331. The Morgan fingerprint density at radius 2 is 1.73 bits per heavy atom. The Labute approximate surface area is 107 Å². The minimum atomic E-state index is -0.103. The van der Waals surface area contributed by atoms with Gasteiger partial charge in [0.2, 0.25) is 0 Å². The molecule has 2 N–H and O–H groups in total. The molecule has 0 saturated carbocycles. The molecule has 0 fully saturated rings. The van der Waals surface area contributed by atoms with E-state index < -0.39 is 0 Å². The zero-order valence-corrected chi connectivity index (χ0v) is 11.4. The Kier molecular flexibility index (Phi) is 5.42. The van der Waals surface area contributed by atoms with Gasteiger partial charge in [-0.25, -0.2) is 0 Å². The van der Waals surface area contributed by atoms with Crippen molar-refractivity contribution in [3.05, 3.63) is 33.8 Å². The quantitative estimate of drug-likeness (QED) is 0.799. The molecule has 0 heterocycles. The van der Waals surface area contributed by atoms with Crippen LogP contribution < -0.4 is 5.73 Å². The highest BCUT2D eigenvalue weighted by atomic mass is 35.5. The third-order valence-corrected chi connectivity index (χ3v) is 2.81. The highest BCUT2D eigenvalue weighted by molar-refractivity contribution is 6.33. The van der Waals surface area contributed by atoms with E-state index in [1.54, 1.807) is 12.1 Å². The maximum atomic E-state index is 6.10. The molecule has 0 radical (unpaired) electrons. The molecule has 0 unspecified atom stereocenters. The van der Waals surface area contributed by atoms with Crippen LogP contribution in [-0.2, 0) is 0 Å². The summed E-state index contributed by atoms with van der Waals surface area (Å²) in [7, 11) is 0. The van der Waals surface area contributed by atoms with Crippen molar-refractivity contribution in [2.75, 3.05) is 0 Å². The molecule has 0 amide bonds. The van der Waals surface area contributed by atoms with Gasteiger partial charge in [0.15, 0.2) is 0 Å². The van der Waals surface area contributed by atoms with Crippen LogP contribution >= 0.6 is 35.6 Å². The van der Waals surface area contributed by atoms with Crippen LogP contribution in [0.5, 0.6) is 0 Å². The second-order valence-corrected chi connectivity index (χ2v) is 5.35. The van der Waals surface area contributed by atoms with Gasteiger partial charge in [-0.3, -0.25) is 0 Å². The summed E-state index contributed by atoms with van der Waals surface area (Å²) in [4.78, 5) is 0. The number of benzene rings is 1. The average molecular weight is 269 g/mol. The van der Waals surface area contributed by atoms with Crippen molar-refractivity contribution in [3.63, 3.8) is 0 Å². The molecule has 0 aliphatic heterocycles. The molecule has 0 aliphatic rings. The van der Waals surface area contributed by atoms with Gasteiger partial charge in [0.1, 0.15) is 0 Å². The fourth-order valence-corrected chi connectivity index (χ4v) is 1.64. The first-order valence-corrected chi connectivity index (χ1v) is 5.28. The second-order valence-electron chi connectivity index (χ2n) is 4.51. The molecule has 0 aliphatic carbocycles. The molecule has 1 nitrogen and oxygen atoms in total. The molecule has 1 aromatic carbocycles. The van der Waals surface area contributed by atoms with Crippen LogP contribution in [0.3, 0.4) is 0 Å². The lowest BCUT2D eigenvalue weighted by Crippen LogP contribution is -2.26. The summed E-state index contributed by atoms with van der Waals surface area (Å²) in [5.41, 5.74) is 6.99. The first-order valence-electron chi connectivity index (χ1n) is 4.53. The fraction of sp³-hybridized carbons (Fsp3) is 0.455. The van der Waals surface area contributed by atoms with E-state index in [9.17, 15) is 0 Å². The summed E-state index contributed by atoms with van der Waals surface area (Å²) in [5.74, 6) is 0. The van der Waals surface area contributed by atoms with E-state index in [-0.39, 0.29) is 23.9 Å². The SMILES string of the molecule is CC(C)(C)[C@@H](N)c1cc(Cl)ccc1Cl.Cl. The van der Waals surface area contributed by atoms with E-state index in [1.807, 2.05) is 6.07 Å². The molecular weight excluding hydrogens is 252 g/mol. The molecule has 0 saturated heterocycles. The maximum Gasteiger partial charge on any atom is 0.0454 e. The van der Waals surface area contributed by atoms with Gasteiger partial charge in [-0.2, -0.15) is 0 Å². The lowest BCUT2D eigenvalue weighted by molar-refractivity contribution is 0.327. The van der Waals surface area contributed by atoms with E-state index in [1.165, 1.54) is 0 Å². The summed E-state index contributed by atoms with van der Waals surface area (Å²) in [5, 5.41) is 1.35. The number of rotatable bonds is 1.